The lowest BCUT2D eigenvalue weighted by atomic mass is 9.74. The number of nitrogens with one attached hydrogen (secondary N) is 2. The maximum absolute atomic E-state index is 14.2. The van der Waals surface area contributed by atoms with Gasteiger partial charge in [-0.15, -0.1) is 0 Å². The van der Waals surface area contributed by atoms with E-state index < -0.39 is 29.6 Å². The molecule has 3 aliphatic heterocycles. The van der Waals surface area contributed by atoms with E-state index >= 15 is 0 Å². The third kappa shape index (κ3) is 5.19. The molecule has 2 aromatic carbocycles. The van der Waals surface area contributed by atoms with Crippen LogP contribution in [0.4, 0.5) is 5.69 Å². The van der Waals surface area contributed by atoms with E-state index in [-0.39, 0.29) is 23.8 Å². The van der Waals surface area contributed by atoms with E-state index in [2.05, 4.69) is 24.5 Å². The molecule has 3 amide bonds. The number of rotatable bonds is 8. The van der Waals surface area contributed by atoms with Gasteiger partial charge in [-0.3, -0.25) is 14.4 Å². The highest BCUT2D eigenvalue weighted by atomic mass is 35.5. The Morgan fingerprint density at radius 3 is 2.41 bits per heavy atom. The van der Waals surface area contributed by atoms with Crippen molar-refractivity contribution in [1.29, 1.82) is 0 Å². The van der Waals surface area contributed by atoms with Crippen molar-refractivity contribution in [2.75, 3.05) is 11.9 Å². The van der Waals surface area contributed by atoms with Gasteiger partial charge in [0, 0.05) is 23.3 Å². The van der Waals surface area contributed by atoms with Crippen LogP contribution in [0.2, 0.25) is 5.02 Å². The first-order valence-electron chi connectivity index (χ1n) is 14.9. The van der Waals surface area contributed by atoms with E-state index in [1.807, 2.05) is 60.7 Å². The van der Waals surface area contributed by atoms with Crippen molar-refractivity contribution in [3.8, 4) is 0 Å². The molecule has 5 atom stereocenters. The van der Waals surface area contributed by atoms with Crippen molar-refractivity contribution in [3.63, 3.8) is 0 Å². The summed E-state index contributed by atoms with van der Waals surface area (Å²) in [6.45, 7) is 4.59. The number of ether oxygens (including phenoxy) is 1. The summed E-state index contributed by atoms with van der Waals surface area (Å²) in [7, 11) is 0. The minimum atomic E-state index is -1.16. The first kappa shape index (κ1) is 28.0. The smallest absolute Gasteiger partial charge is 0.246 e. The maximum Gasteiger partial charge on any atom is 0.246 e. The number of likely N-dealkylation sites (tertiary alicyclic amines) is 1. The molecule has 2 N–H and O–H groups in total. The minimum absolute atomic E-state index is 0.0930. The highest BCUT2D eigenvalue weighted by molar-refractivity contribution is 6.30. The Morgan fingerprint density at radius 2 is 1.73 bits per heavy atom. The molecular formula is C33H38ClN3O4. The molecule has 8 heteroatoms. The molecule has 6 rings (SSSR count). The first-order valence-corrected chi connectivity index (χ1v) is 15.3. The Bertz CT molecular complexity index is 1340. The van der Waals surface area contributed by atoms with Gasteiger partial charge in [0.1, 0.15) is 11.6 Å². The quantitative estimate of drug-likeness (QED) is 0.421. The van der Waals surface area contributed by atoms with Crippen molar-refractivity contribution in [1.82, 2.24) is 10.2 Å². The van der Waals surface area contributed by atoms with Gasteiger partial charge in [-0.2, -0.15) is 0 Å². The van der Waals surface area contributed by atoms with Crippen LogP contribution in [0, 0.1) is 11.8 Å². The third-order valence-electron chi connectivity index (χ3n) is 9.28. The van der Waals surface area contributed by atoms with Crippen LogP contribution < -0.4 is 10.6 Å². The fraction of sp³-hybridized carbons (Fsp3) is 0.485. The second-order valence-electron chi connectivity index (χ2n) is 12.2. The van der Waals surface area contributed by atoms with Crippen LogP contribution in [0.25, 0.3) is 0 Å². The van der Waals surface area contributed by atoms with Crippen molar-refractivity contribution in [2.24, 2.45) is 11.8 Å². The minimum Gasteiger partial charge on any atom is -0.359 e. The number of nitrogens with zero attached hydrogens (tertiary/aromatic N) is 1. The summed E-state index contributed by atoms with van der Waals surface area (Å²) in [6.07, 6.45) is 8.96. The lowest BCUT2D eigenvalue weighted by Gasteiger charge is -2.34. The molecular weight excluding hydrogens is 538 g/mol. The van der Waals surface area contributed by atoms with E-state index in [9.17, 15) is 14.4 Å². The van der Waals surface area contributed by atoms with Crippen LogP contribution in [0.1, 0.15) is 63.0 Å². The van der Waals surface area contributed by atoms with Crippen LogP contribution in [0.15, 0.2) is 60.7 Å². The molecule has 3 heterocycles. The van der Waals surface area contributed by atoms with E-state index in [4.69, 9.17) is 16.3 Å². The van der Waals surface area contributed by atoms with Gasteiger partial charge in [0.05, 0.1) is 17.9 Å². The Balaban J connectivity index is 1.27. The highest BCUT2D eigenvalue weighted by Crippen LogP contribution is 2.55. The third-order valence-corrected chi connectivity index (χ3v) is 9.53. The van der Waals surface area contributed by atoms with E-state index in [0.717, 1.165) is 31.2 Å². The Morgan fingerprint density at radius 1 is 1.02 bits per heavy atom. The highest BCUT2D eigenvalue weighted by Gasteiger charge is 2.72. The lowest BCUT2D eigenvalue weighted by Crippen LogP contribution is -2.56. The summed E-state index contributed by atoms with van der Waals surface area (Å²) in [5, 5.41) is 6.90. The summed E-state index contributed by atoms with van der Waals surface area (Å²) in [5.41, 5.74) is 1.71. The molecule has 7 nitrogen and oxygen atoms in total. The van der Waals surface area contributed by atoms with Gasteiger partial charge in [-0.25, -0.2) is 0 Å². The molecule has 0 aromatic heterocycles. The van der Waals surface area contributed by atoms with Gasteiger partial charge in [0.15, 0.2) is 0 Å². The summed E-state index contributed by atoms with van der Waals surface area (Å²) < 4.78 is 6.48. The molecule has 2 bridgehead atoms. The lowest BCUT2D eigenvalue weighted by molar-refractivity contribution is -0.141. The maximum atomic E-state index is 14.2. The van der Waals surface area contributed by atoms with Crippen molar-refractivity contribution in [3.05, 3.63) is 76.8 Å². The first-order chi connectivity index (χ1) is 19.8. The molecule has 2 saturated heterocycles. The number of anilines is 1. The number of hydrogen-bond donors (Lipinski definition) is 2. The van der Waals surface area contributed by atoms with Crippen LogP contribution in [-0.4, -0.2) is 53.0 Å². The summed E-state index contributed by atoms with van der Waals surface area (Å²) in [5.74, 6) is -1.76. The zero-order valence-electron chi connectivity index (χ0n) is 23.6. The van der Waals surface area contributed by atoms with Gasteiger partial charge in [-0.1, -0.05) is 81.1 Å². The zero-order chi connectivity index (χ0) is 28.7. The second kappa shape index (κ2) is 11.3. The van der Waals surface area contributed by atoms with Crippen molar-refractivity contribution < 1.29 is 19.1 Å². The van der Waals surface area contributed by atoms with E-state index in [0.29, 0.717) is 29.6 Å². The topological polar surface area (TPSA) is 87.7 Å². The summed E-state index contributed by atoms with van der Waals surface area (Å²) in [6, 6.07) is 14.6. The standard InChI is InChI=1S/C33H38ClN3O4/c1-20(2)22-10-14-25(15-11-22)35-30(38)27-26-16-18-33(41-26)28(27)32(40)37(19-17-21-8-12-23(34)13-9-21)29(33)31(39)36-24-6-4-3-5-7-24/h8-16,18,20,24,26-29H,3-7,17,19H2,1-2H3,(H,35,38)(H,36,39)/t26-,27-,28-,29-,33-/m1/s1. The Hall–Kier alpha value is -3.16. The monoisotopic (exact) mass is 575 g/mol. The van der Waals surface area contributed by atoms with Gasteiger partial charge in [0.2, 0.25) is 17.7 Å². The number of carbonyl (C=O) groups is 3. The molecule has 1 aliphatic carbocycles. The zero-order valence-corrected chi connectivity index (χ0v) is 24.4. The molecule has 2 aromatic rings. The largest absolute Gasteiger partial charge is 0.359 e. The van der Waals surface area contributed by atoms with Crippen LogP contribution >= 0.6 is 11.6 Å². The molecule has 4 aliphatic rings. The molecule has 0 unspecified atom stereocenters. The number of amides is 3. The average Bonchev–Trinajstić information content (AvgIpc) is 3.61. The van der Waals surface area contributed by atoms with Gasteiger partial charge in [-0.05, 0) is 60.6 Å². The van der Waals surface area contributed by atoms with Crippen LogP contribution in [0.3, 0.4) is 0 Å². The Labute approximate surface area is 246 Å². The fourth-order valence-electron chi connectivity index (χ4n) is 7.11. The normalized spacial score (nSPS) is 28.8. The molecule has 1 spiro atoms. The van der Waals surface area contributed by atoms with E-state index in [1.54, 1.807) is 4.90 Å². The molecule has 41 heavy (non-hydrogen) atoms. The van der Waals surface area contributed by atoms with Crippen LogP contribution in [0.5, 0.6) is 0 Å². The SMILES string of the molecule is CC(C)c1ccc(NC(=O)[C@@H]2[C@H]3C=C[C@@]4(O3)[C@H]2C(=O)N(CCc2ccc(Cl)cc2)[C@@H]4C(=O)NC2CCCCC2)cc1. The number of hydrogen-bond acceptors (Lipinski definition) is 4. The second-order valence-corrected chi connectivity index (χ2v) is 12.7. The van der Waals surface area contributed by atoms with E-state index in [1.165, 1.54) is 12.0 Å². The van der Waals surface area contributed by atoms with Crippen molar-refractivity contribution >= 4 is 35.0 Å². The van der Waals surface area contributed by atoms with Gasteiger partial charge in [0.25, 0.3) is 0 Å². The molecule has 3 fully saturated rings. The number of carbonyl (C=O) groups excluding carboxylic acids is 3. The summed E-state index contributed by atoms with van der Waals surface area (Å²) in [4.78, 5) is 43.5. The van der Waals surface area contributed by atoms with Crippen molar-refractivity contribution in [2.45, 2.75) is 82.1 Å². The number of benzene rings is 2. The predicted octanol–water partition coefficient (Wildman–Crippen LogP) is 5.24. The number of halogens is 1. The fourth-order valence-corrected chi connectivity index (χ4v) is 7.24. The van der Waals surface area contributed by atoms with Crippen LogP contribution in [-0.2, 0) is 25.5 Å². The molecule has 216 valence electrons. The molecule has 1 saturated carbocycles. The molecule has 0 radical (unpaired) electrons. The predicted molar refractivity (Wildman–Crippen MR) is 159 cm³/mol. The summed E-state index contributed by atoms with van der Waals surface area (Å²) >= 11 is 6.07. The Kier molecular flexibility index (Phi) is 7.68. The number of fused-ring (bicyclic) bond motifs is 1. The van der Waals surface area contributed by atoms with Gasteiger partial charge < -0.3 is 20.3 Å². The average molecular weight is 576 g/mol. The van der Waals surface area contributed by atoms with Gasteiger partial charge >= 0.3 is 0 Å².